The first-order chi connectivity index (χ1) is 5.20. The monoisotopic (exact) mass is 154 g/mol. The van der Waals surface area contributed by atoms with Gasteiger partial charge < -0.3 is 0 Å². The molecule has 0 aliphatic heterocycles. The van der Waals surface area contributed by atoms with Crippen LogP contribution in [0.1, 0.15) is 13.8 Å². The molecular formula is C6H10N4O. The number of H-pyrrole nitrogens is 1. The maximum absolute atomic E-state index is 11.0. The van der Waals surface area contributed by atoms with Gasteiger partial charge in [0.2, 0.25) is 11.9 Å². The molecule has 1 rings (SSSR count). The van der Waals surface area contributed by atoms with Crippen molar-refractivity contribution in [2.24, 2.45) is 5.92 Å². The third-order valence-corrected chi connectivity index (χ3v) is 1.18. The molecule has 0 aromatic carbocycles. The average molecular weight is 154 g/mol. The maximum atomic E-state index is 11.0. The molecule has 5 nitrogen and oxygen atoms in total. The Morgan fingerprint density at radius 2 is 2.45 bits per heavy atom. The Labute approximate surface area is 64.2 Å². The van der Waals surface area contributed by atoms with Crippen molar-refractivity contribution in [2.75, 3.05) is 5.32 Å². The molecule has 2 N–H and O–H groups in total. The van der Waals surface area contributed by atoms with Gasteiger partial charge in [0.25, 0.3) is 0 Å². The summed E-state index contributed by atoms with van der Waals surface area (Å²) < 4.78 is 0. The van der Waals surface area contributed by atoms with Gasteiger partial charge in [-0.05, 0) is 0 Å². The van der Waals surface area contributed by atoms with Crippen molar-refractivity contribution in [3.63, 3.8) is 0 Å². The van der Waals surface area contributed by atoms with Gasteiger partial charge in [0, 0.05) is 5.92 Å². The summed E-state index contributed by atoms with van der Waals surface area (Å²) in [5.41, 5.74) is 0. The van der Waals surface area contributed by atoms with E-state index in [2.05, 4.69) is 20.5 Å². The van der Waals surface area contributed by atoms with Crippen molar-refractivity contribution < 1.29 is 4.79 Å². The normalized spacial score (nSPS) is 10.1. The fourth-order valence-electron chi connectivity index (χ4n) is 0.527. The summed E-state index contributed by atoms with van der Waals surface area (Å²) in [5, 5.41) is 8.67. The molecule has 0 saturated heterocycles. The lowest BCUT2D eigenvalue weighted by Gasteiger charge is -2.02. The lowest BCUT2D eigenvalue weighted by molar-refractivity contribution is -0.118. The minimum absolute atomic E-state index is 0.0416. The molecule has 0 radical (unpaired) electrons. The number of nitrogens with zero attached hydrogens (tertiary/aromatic N) is 2. The summed E-state index contributed by atoms with van der Waals surface area (Å²) in [4.78, 5) is 14.8. The van der Waals surface area contributed by atoms with Crippen LogP contribution in [-0.4, -0.2) is 21.1 Å². The van der Waals surface area contributed by atoms with Crippen molar-refractivity contribution in [1.29, 1.82) is 0 Å². The second-order valence-corrected chi connectivity index (χ2v) is 2.48. The molecule has 1 aromatic heterocycles. The lowest BCUT2D eigenvalue weighted by atomic mass is 10.2. The number of carbonyl (C=O) groups excluding carboxylic acids is 1. The van der Waals surface area contributed by atoms with Gasteiger partial charge >= 0.3 is 0 Å². The first-order valence-electron chi connectivity index (χ1n) is 3.36. The highest BCUT2D eigenvalue weighted by Crippen LogP contribution is 1.98. The van der Waals surface area contributed by atoms with Crippen molar-refractivity contribution in [2.45, 2.75) is 13.8 Å². The summed E-state index contributed by atoms with van der Waals surface area (Å²) >= 11 is 0. The van der Waals surface area contributed by atoms with Crippen molar-refractivity contribution >= 4 is 11.9 Å². The second kappa shape index (κ2) is 3.14. The van der Waals surface area contributed by atoms with Crippen molar-refractivity contribution in [3.8, 4) is 0 Å². The molecule has 0 bridgehead atoms. The molecule has 0 unspecified atom stereocenters. The number of nitrogens with one attached hydrogen (secondary N) is 2. The predicted octanol–water partition coefficient (Wildman–Crippen LogP) is 0.399. The number of aromatic nitrogens is 3. The van der Waals surface area contributed by atoms with Crippen LogP contribution in [0.5, 0.6) is 0 Å². The standard InChI is InChI=1S/C6H10N4O/c1-4(2)5(11)9-6-7-3-8-10-6/h3-4H,1-2H3,(H2,7,8,9,10,11). The molecule has 0 fully saturated rings. The molecule has 5 heteroatoms. The van der Waals surface area contributed by atoms with Crippen LogP contribution in [0.4, 0.5) is 5.95 Å². The highest BCUT2D eigenvalue weighted by atomic mass is 16.2. The first kappa shape index (κ1) is 7.71. The van der Waals surface area contributed by atoms with E-state index in [1.807, 2.05) is 13.8 Å². The highest BCUT2D eigenvalue weighted by molar-refractivity contribution is 5.90. The fraction of sp³-hybridized carbons (Fsp3) is 0.500. The molecule has 11 heavy (non-hydrogen) atoms. The van der Waals surface area contributed by atoms with E-state index in [4.69, 9.17) is 0 Å². The minimum Gasteiger partial charge on any atom is -0.295 e. The van der Waals surface area contributed by atoms with Crippen molar-refractivity contribution in [1.82, 2.24) is 15.2 Å². The zero-order valence-corrected chi connectivity index (χ0v) is 6.46. The second-order valence-electron chi connectivity index (χ2n) is 2.48. The molecule has 0 saturated carbocycles. The summed E-state index contributed by atoms with van der Waals surface area (Å²) in [6.07, 6.45) is 1.34. The van der Waals surface area contributed by atoms with Gasteiger partial charge in [-0.2, -0.15) is 10.1 Å². The Hall–Kier alpha value is -1.39. The molecule has 0 atom stereocenters. The molecular weight excluding hydrogens is 144 g/mol. The van der Waals surface area contributed by atoms with E-state index >= 15 is 0 Å². The van der Waals surface area contributed by atoms with E-state index in [0.29, 0.717) is 5.95 Å². The summed E-state index contributed by atoms with van der Waals surface area (Å²) in [6, 6.07) is 0. The Kier molecular flexibility index (Phi) is 2.20. The molecule has 1 heterocycles. The third kappa shape index (κ3) is 2.03. The number of rotatable bonds is 2. The topological polar surface area (TPSA) is 70.7 Å². The van der Waals surface area contributed by atoms with Crippen LogP contribution in [0.2, 0.25) is 0 Å². The summed E-state index contributed by atoms with van der Waals surface area (Å²) in [7, 11) is 0. The van der Waals surface area contributed by atoms with E-state index in [1.165, 1.54) is 6.33 Å². The molecule has 1 amide bonds. The summed E-state index contributed by atoms with van der Waals surface area (Å²) in [5.74, 6) is 0.283. The van der Waals surface area contributed by atoms with E-state index in [1.54, 1.807) is 0 Å². The highest BCUT2D eigenvalue weighted by Gasteiger charge is 2.07. The van der Waals surface area contributed by atoms with Gasteiger partial charge in [-0.3, -0.25) is 10.1 Å². The summed E-state index contributed by atoms with van der Waals surface area (Å²) in [6.45, 7) is 3.62. The van der Waals surface area contributed by atoms with Crippen LogP contribution < -0.4 is 5.32 Å². The predicted molar refractivity (Wildman–Crippen MR) is 39.9 cm³/mol. The Balaban J connectivity index is 2.50. The van der Waals surface area contributed by atoms with Crippen LogP contribution in [0.25, 0.3) is 0 Å². The molecule has 0 spiro atoms. The minimum atomic E-state index is -0.0678. The van der Waals surface area contributed by atoms with Crippen LogP contribution in [0.3, 0.4) is 0 Å². The van der Waals surface area contributed by atoms with E-state index in [9.17, 15) is 4.79 Å². The van der Waals surface area contributed by atoms with Gasteiger partial charge in [-0.25, -0.2) is 5.10 Å². The number of hydrogen-bond acceptors (Lipinski definition) is 3. The largest absolute Gasteiger partial charge is 0.295 e. The average Bonchev–Trinajstić information content (AvgIpc) is 2.39. The van der Waals surface area contributed by atoms with Gasteiger partial charge in [-0.15, -0.1) is 0 Å². The molecule has 1 aromatic rings. The molecule has 60 valence electrons. The lowest BCUT2D eigenvalue weighted by Crippen LogP contribution is -2.18. The van der Waals surface area contributed by atoms with E-state index in [-0.39, 0.29) is 11.8 Å². The van der Waals surface area contributed by atoms with Crippen LogP contribution in [-0.2, 0) is 4.79 Å². The number of amides is 1. The van der Waals surface area contributed by atoms with Crippen LogP contribution in [0, 0.1) is 5.92 Å². The van der Waals surface area contributed by atoms with Crippen LogP contribution >= 0.6 is 0 Å². The number of hydrogen-bond donors (Lipinski definition) is 2. The van der Waals surface area contributed by atoms with Gasteiger partial charge in [0.05, 0.1) is 0 Å². The third-order valence-electron chi connectivity index (χ3n) is 1.18. The Bertz CT molecular complexity index is 229. The van der Waals surface area contributed by atoms with Gasteiger partial charge in [0.1, 0.15) is 6.33 Å². The molecule has 0 aliphatic rings. The number of aromatic amines is 1. The zero-order chi connectivity index (χ0) is 8.27. The Morgan fingerprint density at radius 3 is 2.91 bits per heavy atom. The maximum Gasteiger partial charge on any atom is 0.229 e. The van der Waals surface area contributed by atoms with E-state index in [0.717, 1.165) is 0 Å². The van der Waals surface area contributed by atoms with Crippen molar-refractivity contribution in [3.05, 3.63) is 6.33 Å². The van der Waals surface area contributed by atoms with Gasteiger partial charge in [0.15, 0.2) is 0 Å². The molecule has 0 aliphatic carbocycles. The van der Waals surface area contributed by atoms with Crippen LogP contribution in [0.15, 0.2) is 6.33 Å². The quantitative estimate of drug-likeness (QED) is 0.647. The number of anilines is 1. The fourth-order valence-corrected chi connectivity index (χ4v) is 0.527. The Morgan fingerprint density at radius 1 is 1.73 bits per heavy atom. The zero-order valence-electron chi connectivity index (χ0n) is 6.46. The van der Waals surface area contributed by atoms with E-state index < -0.39 is 0 Å². The smallest absolute Gasteiger partial charge is 0.229 e. The van der Waals surface area contributed by atoms with Gasteiger partial charge in [-0.1, -0.05) is 13.8 Å². The first-order valence-corrected chi connectivity index (χ1v) is 3.36. The SMILES string of the molecule is CC(C)C(=O)Nc1ncn[nH]1. The number of carbonyl (C=O) groups is 1.